The highest BCUT2D eigenvalue weighted by atomic mass is 19.1. The van der Waals surface area contributed by atoms with Gasteiger partial charge in [-0.3, -0.25) is 4.79 Å². The molecule has 0 bridgehead atoms. The molecule has 1 amide bonds. The Bertz CT molecular complexity index is 930. The van der Waals surface area contributed by atoms with Crippen molar-refractivity contribution in [2.45, 2.75) is 26.4 Å². The summed E-state index contributed by atoms with van der Waals surface area (Å²) >= 11 is 0. The summed E-state index contributed by atoms with van der Waals surface area (Å²) in [5.74, 6) is -0.467. The van der Waals surface area contributed by atoms with Gasteiger partial charge in [0.15, 0.2) is 0 Å². The molecule has 3 aromatic rings. The van der Waals surface area contributed by atoms with Crippen molar-refractivity contribution in [1.29, 1.82) is 0 Å². The Morgan fingerprint density at radius 3 is 2.32 bits per heavy atom. The predicted octanol–water partition coefficient (Wildman–Crippen LogP) is 3.57. The van der Waals surface area contributed by atoms with E-state index in [0.29, 0.717) is 18.5 Å². The first-order valence-electron chi connectivity index (χ1n) is 9.31. The van der Waals surface area contributed by atoms with Crippen molar-refractivity contribution in [3.8, 4) is 5.69 Å². The molecule has 1 aromatic heterocycles. The fourth-order valence-corrected chi connectivity index (χ4v) is 3.11. The topological polar surface area (TPSA) is 50.2 Å². The summed E-state index contributed by atoms with van der Waals surface area (Å²) < 4.78 is 14.9. The number of hydrogen-bond acceptors (Lipinski definition) is 3. The van der Waals surface area contributed by atoms with E-state index in [-0.39, 0.29) is 11.7 Å². The first kappa shape index (κ1) is 19.8. The average molecular weight is 380 g/mol. The molecule has 28 heavy (non-hydrogen) atoms. The van der Waals surface area contributed by atoms with E-state index in [4.69, 9.17) is 0 Å². The molecule has 6 heteroatoms. The maximum absolute atomic E-state index is 13.2. The van der Waals surface area contributed by atoms with Gasteiger partial charge in [-0.1, -0.05) is 31.2 Å². The molecule has 3 rings (SSSR count). The molecule has 2 aromatic carbocycles. The second-order valence-corrected chi connectivity index (χ2v) is 6.98. The molecule has 0 radical (unpaired) electrons. The lowest BCUT2D eigenvalue weighted by atomic mass is 10.1. The summed E-state index contributed by atoms with van der Waals surface area (Å²) in [7, 11) is 4.07. The highest BCUT2D eigenvalue weighted by molar-refractivity contribution is 5.95. The summed E-state index contributed by atoms with van der Waals surface area (Å²) in [5.41, 5.74) is 4.34. The van der Waals surface area contributed by atoms with Crippen LogP contribution in [0.3, 0.4) is 0 Å². The number of amides is 1. The van der Waals surface area contributed by atoms with Gasteiger partial charge in [-0.05, 0) is 55.9 Å². The summed E-state index contributed by atoms with van der Waals surface area (Å²) in [6.45, 7) is 3.30. The third-order valence-electron chi connectivity index (χ3n) is 4.49. The van der Waals surface area contributed by atoms with Crippen LogP contribution in [0, 0.1) is 5.82 Å². The zero-order valence-electron chi connectivity index (χ0n) is 16.4. The number of benzene rings is 2. The lowest BCUT2D eigenvalue weighted by Gasteiger charge is -2.11. The van der Waals surface area contributed by atoms with Crippen molar-refractivity contribution >= 4 is 5.91 Å². The van der Waals surface area contributed by atoms with Gasteiger partial charge in [0, 0.05) is 13.1 Å². The van der Waals surface area contributed by atoms with E-state index in [2.05, 4.69) is 27.4 Å². The lowest BCUT2D eigenvalue weighted by molar-refractivity contribution is 0.0950. The molecule has 1 heterocycles. The fraction of sp³-hybridized carbons (Fsp3) is 0.273. The van der Waals surface area contributed by atoms with Gasteiger partial charge in [-0.25, -0.2) is 9.07 Å². The van der Waals surface area contributed by atoms with Gasteiger partial charge >= 0.3 is 0 Å². The number of nitrogens with one attached hydrogen (secondary N) is 1. The van der Waals surface area contributed by atoms with Crippen molar-refractivity contribution in [3.05, 3.63) is 82.9 Å². The summed E-state index contributed by atoms with van der Waals surface area (Å²) in [4.78, 5) is 14.8. The monoisotopic (exact) mass is 380 g/mol. The lowest BCUT2D eigenvalue weighted by Crippen LogP contribution is -2.23. The second kappa shape index (κ2) is 8.80. The molecule has 0 saturated carbocycles. The van der Waals surface area contributed by atoms with Crippen LogP contribution in [0.4, 0.5) is 4.39 Å². The summed E-state index contributed by atoms with van der Waals surface area (Å²) in [6.07, 6.45) is 2.21. The molecule has 0 saturated heterocycles. The number of carbonyl (C=O) groups is 1. The first-order chi connectivity index (χ1) is 13.5. The van der Waals surface area contributed by atoms with E-state index in [1.54, 1.807) is 23.0 Å². The average Bonchev–Trinajstić information content (AvgIpc) is 3.11. The second-order valence-electron chi connectivity index (χ2n) is 6.98. The van der Waals surface area contributed by atoms with Crippen molar-refractivity contribution < 1.29 is 9.18 Å². The highest BCUT2D eigenvalue weighted by Gasteiger charge is 2.17. The third-order valence-corrected chi connectivity index (χ3v) is 4.49. The van der Waals surface area contributed by atoms with Crippen LogP contribution in [-0.4, -0.2) is 34.7 Å². The first-order valence-corrected chi connectivity index (χ1v) is 9.31. The predicted molar refractivity (Wildman–Crippen MR) is 108 cm³/mol. The highest BCUT2D eigenvalue weighted by Crippen LogP contribution is 2.16. The number of nitrogens with zero attached hydrogens (tertiary/aromatic N) is 3. The minimum absolute atomic E-state index is 0.164. The van der Waals surface area contributed by atoms with Gasteiger partial charge in [-0.2, -0.15) is 5.10 Å². The molecule has 5 nitrogen and oxygen atoms in total. The number of hydrogen-bond donors (Lipinski definition) is 1. The SMILES string of the molecule is CCc1c(C(=O)NCc2ccc(CN(C)C)cc2)cnn1-c1ccc(F)cc1. The van der Waals surface area contributed by atoms with Crippen LogP contribution in [0.15, 0.2) is 54.7 Å². The minimum atomic E-state index is -0.302. The van der Waals surface area contributed by atoms with Crippen LogP contribution in [0.2, 0.25) is 0 Å². The molecule has 146 valence electrons. The molecule has 0 fully saturated rings. The summed E-state index contributed by atoms with van der Waals surface area (Å²) in [6, 6.07) is 14.3. The van der Waals surface area contributed by atoms with Crippen molar-refractivity contribution in [2.24, 2.45) is 0 Å². The Morgan fingerprint density at radius 2 is 1.71 bits per heavy atom. The van der Waals surface area contributed by atoms with E-state index >= 15 is 0 Å². The van der Waals surface area contributed by atoms with E-state index in [1.165, 1.54) is 17.7 Å². The van der Waals surface area contributed by atoms with Crippen molar-refractivity contribution in [1.82, 2.24) is 20.0 Å². The zero-order valence-corrected chi connectivity index (χ0v) is 16.4. The van der Waals surface area contributed by atoms with Crippen molar-refractivity contribution in [3.63, 3.8) is 0 Å². The van der Waals surface area contributed by atoms with Gasteiger partial charge in [0.2, 0.25) is 0 Å². The molecular weight excluding hydrogens is 355 g/mol. The minimum Gasteiger partial charge on any atom is -0.348 e. The van der Waals surface area contributed by atoms with Gasteiger partial charge in [0.25, 0.3) is 5.91 Å². The normalized spacial score (nSPS) is 11.0. The Hall–Kier alpha value is -2.99. The van der Waals surface area contributed by atoms with Crippen LogP contribution in [0.1, 0.15) is 34.1 Å². The molecule has 1 N–H and O–H groups in total. The molecule has 0 aliphatic heterocycles. The standard InChI is InChI=1S/C22H25FN4O/c1-4-21-20(14-25-27(21)19-11-9-18(23)10-12-19)22(28)24-13-16-5-7-17(8-6-16)15-26(2)3/h5-12,14H,4,13,15H2,1-3H3,(H,24,28). The van der Waals surface area contributed by atoms with E-state index in [0.717, 1.165) is 23.5 Å². The molecule has 0 aliphatic rings. The van der Waals surface area contributed by atoms with Gasteiger partial charge in [-0.15, -0.1) is 0 Å². The zero-order chi connectivity index (χ0) is 20.1. The maximum atomic E-state index is 13.2. The maximum Gasteiger partial charge on any atom is 0.255 e. The van der Waals surface area contributed by atoms with Gasteiger partial charge in [0.05, 0.1) is 23.1 Å². The van der Waals surface area contributed by atoms with Gasteiger partial charge < -0.3 is 10.2 Å². The molecule has 0 atom stereocenters. The molecular formula is C22H25FN4O. The quantitative estimate of drug-likeness (QED) is 0.682. The molecule has 0 unspecified atom stereocenters. The van der Waals surface area contributed by atoms with Crippen molar-refractivity contribution in [2.75, 3.05) is 14.1 Å². The number of halogens is 1. The molecule has 0 spiro atoms. The smallest absolute Gasteiger partial charge is 0.255 e. The van der Waals surface area contributed by atoms with E-state index in [1.807, 2.05) is 33.2 Å². The van der Waals surface area contributed by atoms with Crippen LogP contribution in [-0.2, 0) is 19.5 Å². The van der Waals surface area contributed by atoms with Crippen LogP contribution in [0.25, 0.3) is 5.69 Å². The Labute approximate surface area is 164 Å². The Kier molecular flexibility index (Phi) is 6.21. The van der Waals surface area contributed by atoms with E-state index in [9.17, 15) is 9.18 Å². The van der Waals surface area contributed by atoms with Crippen LogP contribution >= 0.6 is 0 Å². The third kappa shape index (κ3) is 4.64. The number of aromatic nitrogens is 2. The number of carbonyl (C=O) groups excluding carboxylic acids is 1. The summed E-state index contributed by atoms with van der Waals surface area (Å²) in [5, 5.41) is 7.29. The molecule has 0 aliphatic carbocycles. The largest absolute Gasteiger partial charge is 0.348 e. The van der Waals surface area contributed by atoms with E-state index < -0.39 is 0 Å². The van der Waals surface area contributed by atoms with Crippen LogP contribution in [0.5, 0.6) is 0 Å². The Morgan fingerprint density at radius 1 is 1.07 bits per heavy atom. The number of rotatable bonds is 7. The van der Waals surface area contributed by atoms with Gasteiger partial charge in [0.1, 0.15) is 5.82 Å². The Balaban J connectivity index is 1.70. The fourth-order valence-electron chi connectivity index (χ4n) is 3.11. The van der Waals surface area contributed by atoms with Crippen LogP contribution < -0.4 is 5.32 Å².